The van der Waals surface area contributed by atoms with Crippen LogP contribution in [0.5, 0.6) is 0 Å². The first-order valence-electron chi connectivity index (χ1n) is 7.02. The lowest BCUT2D eigenvalue weighted by atomic mass is 10.1. The Morgan fingerprint density at radius 1 is 1.39 bits per heavy atom. The van der Waals surface area contributed by atoms with E-state index in [-0.39, 0.29) is 23.6 Å². The maximum Gasteiger partial charge on any atom is 0.257 e. The summed E-state index contributed by atoms with van der Waals surface area (Å²) in [6.07, 6.45) is 3.29. The van der Waals surface area contributed by atoms with Gasteiger partial charge < -0.3 is 4.90 Å². The highest BCUT2D eigenvalue weighted by molar-refractivity contribution is 9.10. The van der Waals surface area contributed by atoms with Gasteiger partial charge in [-0.25, -0.2) is 9.37 Å². The molecule has 0 N–H and O–H groups in total. The minimum absolute atomic E-state index is 0.0771. The predicted molar refractivity (Wildman–Crippen MR) is 91.3 cm³/mol. The summed E-state index contributed by atoms with van der Waals surface area (Å²) in [5.41, 5.74) is 0.605. The second-order valence-corrected chi connectivity index (χ2v) is 7.04. The quantitative estimate of drug-likeness (QED) is 0.648. The molecule has 7 heteroatoms. The Kier molecular flexibility index (Phi) is 4.90. The molecule has 1 fully saturated rings. The Hall–Kier alpha value is -1.17. The van der Waals surface area contributed by atoms with E-state index in [1.165, 1.54) is 12.3 Å². The van der Waals surface area contributed by atoms with Crippen LogP contribution in [0.3, 0.4) is 0 Å². The van der Waals surface area contributed by atoms with E-state index in [0.717, 1.165) is 12.8 Å². The monoisotopic (exact) mass is 416 g/mol. The molecule has 2 aromatic rings. The summed E-state index contributed by atoms with van der Waals surface area (Å²) < 4.78 is 14.7. The van der Waals surface area contributed by atoms with Crippen molar-refractivity contribution >= 4 is 45.0 Å². The minimum atomic E-state index is -0.422. The van der Waals surface area contributed by atoms with Gasteiger partial charge in [0.15, 0.2) is 0 Å². The maximum atomic E-state index is 14.0. The average Bonchev–Trinajstić information content (AvgIpc) is 3.33. The van der Waals surface area contributed by atoms with Gasteiger partial charge in [-0.05, 0) is 47.0 Å². The van der Waals surface area contributed by atoms with Crippen LogP contribution in [0, 0.1) is 5.82 Å². The normalized spacial score (nSPS) is 13.9. The molecule has 0 radical (unpaired) electrons. The summed E-state index contributed by atoms with van der Waals surface area (Å²) in [6, 6.07) is 6.19. The lowest BCUT2D eigenvalue weighted by Gasteiger charge is -2.23. The SMILES string of the molecule is O=C(c1cc(Br)cnc1Cl)N(Cc1c(F)cccc1Cl)C1CC1. The number of amides is 1. The Morgan fingerprint density at radius 3 is 2.78 bits per heavy atom. The number of nitrogens with zero attached hydrogens (tertiary/aromatic N) is 2. The second kappa shape index (κ2) is 6.75. The van der Waals surface area contributed by atoms with Gasteiger partial charge >= 0.3 is 0 Å². The van der Waals surface area contributed by atoms with E-state index in [1.54, 1.807) is 23.1 Å². The zero-order valence-corrected chi connectivity index (χ0v) is 15.0. The first-order valence-corrected chi connectivity index (χ1v) is 8.57. The standard InChI is InChI=1S/C16H12BrCl2FN2O/c17-9-6-11(15(19)21-7-9)16(23)22(10-4-5-10)8-12-13(18)2-1-3-14(12)20/h1-3,6-7,10H,4-5,8H2. The Morgan fingerprint density at radius 2 is 2.13 bits per heavy atom. The van der Waals surface area contributed by atoms with Crippen molar-refractivity contribution in [3.8, 4) is 0 Å². The van der Waals surface area contributed by atoms with Crippen LogP contribution < -0.4 is 0 Å². The van der Waals surface area contributed by atoms with Crippen LogP contribution in [0.2, 0.25) is 10.2 Å². The molecule has 1 aromatic heterocycles. The number of carbonyl (C=O) groups excluding carboxylic acids is 1. The number of benzene rings is 1. The Balaban J connectivity index is 1.93. The van der Waals surface area contributed by atoms with Crippen LogP contribution in [0.4, 0.5) is 4.39 Å². The summed E-state index contributed by atoms with van der Waals surface area (Å²) in [6.45, 7) is 0.109. The van der Waals surface area contributed by atoms with Gasteiger partial charge in [-0.2, -0.15) is 0 Å². The third kappa shape index (κ3) is 3.67. The van der Waals surface area contributed by atoms with Gasteiger partial charge in [-0.3, -0.25) is 4.79 Å². The highest BCUT2D eigenvalue weighted by Crippen LogP contribution is 2.33. The number of carbonyl (C=O) groups is 1. The summed E-state index contributed by atoms with van der Waals surface area (Å²) in [5.74, 6) is -0.694. The molecule has 1 aliphatic rings. The molecular formula is C16H12BrCl2FN2O. The van der Waals surface area contributed by atoms with Gasteiger partial charge in [-0.1, -0.05) is 29.3 Å². The van der Waals surface area contributed by atoms with Crippen LogP contribution in [-0.4, -0.2) is 21.8 Å². The highest BCUT2D eigenvalue weighted by atomic mass is 79.9. The molecule has 0 atom stereocenters. The molecule has 0 spiro atoms. The van der Waals surface area contributed by atoms with E-state index in [4.69, 9.17) is 23.2 Å². The molecule has 0 unspecified atom stereocenters. The lowest BCUT2D eigenvalue weighted by Crippen LogP contribution is -2.33. The molecule has 1 aliphatic carbocycles. The number of halogens is 4. The van der Waals surface area contributed by atoms with Crippen molar-refractivity contribution in [2.45, 2.75) is 25.4 Å². The minimum Gasteiger partial charge on any atom is -0.331 e. The molecule has 23 heavy (non-hydrogen) atoms. The number of rotatable bonds is 4. The van der Waals surface area contributed by atoms with Crippen LogP contribution in [0.25, 0.3) is 0 Å². The fraction of sp³-hybridized carbons (Fsp3) is 0.250. The van der Waals surface area contributed by atoms with Gasteiger partial charge in [0.2, 0.25) is 0 Å². The molecule has 1 heterocycles. The van der Waals surface area contributed by atoms with Gasteiger partial charge in [0.1, 0.15) is 11.0 Å². The third-order valence-electron chi connectivity index (χ3n) is 3.67. The van der Waals surface area contributed by atoms with Gasteiger partial charge in [0.25, 0.3) is 5.91 Å². The molecule has 0 aliphatic heterocycles. The van der Waals surface area contributed by atoms with Crippen LogP contribution in [-0.2, 0) is 6.54 Å². The zero-order valence-electron chi connectivity index (χ0n) is 11.9. The van der Waals surface area contributed by atoms with E-state index in [9.17, 15) is 9.18 Å². The van der Waals surface area contributed by atoms with Crippen LogP contribution in [0.1, 0.15) is 28.8 Å². The van der Waals surface area contributed by atoms with Gasteiger partial charge in [-0.15, -0.1) is 0 Å². The molecule has 120 valence electrons. The van der Waals surface area contributed by atoms with Crippen molar-refractivity contribution in [3.05, 3.63) is 62.1 Å². The fourth-order valence-electron chi connectivity index (χ4n) is 2.33. The van der Waals surface area contributed by atoms with Crippen molar-refractivity contribution in [1.82, 2.24) is 9.88 Å². The number of pyridine rings is 1. The van der Waals surface area contributed by atoms with E-state index >= 15 is 0 Å². The fourth-order valence-corrected chi connectivity index (χ4v) is 3.07. The molecule has 3 rings (SSSR count). The van der Waals surface area contributed by atoms with Crippen molar-refractivity contribution in [3.63, 3.8) is 0 Å². The maximum absolute atomic E-state index is 14.0. The second-order valence-electron chi connectivity index (χ2n) is 5.36. The average molecular weight is 418 g/mol. The summed E-state index contributed by atoms with van der Waals surface area (Å²) in [5, 5.41) is 0.436. The summed E-state index contributed by atoms with van der Waals surface area (Å²) in [4.78, 5) is 18.4. The Labute approximate surface area is 151 Å². The first kappa shape index (κ1) is 16.7. The van der Waals surface area contributed by atoms with Crippen molar-refractivity contribution in [2.24, 2.45) is 0 Å². The van der Waals surface area contributed by atoms with E-state index in [2.05, 4.69) is 20.9 Å². The molecule has 3 nitrogen and oxygen atoms in total. The zero-order chi connectivity index (χ0) is 16.6. The topological polar surface area (TPSA) is 33.2 Å². The predicted octanol–water partition coefficient (Wildman–Crippen LogP) is 5.09. The van der Waals surface area contributed by atoms with E-state index in [0.29, 0.717) is 20.6 Å². The molecule has 1 aromatic carbocycles. The van der Waals surface area contributed by atoms with Gasteiger partial charge in [0.05, 0.1) is 12.1 Å². The Bertz CT molecular complexity index is 747. The van der Waals surface area contributed by atoms with Crippen LogP contribution in [0.15, 0.2) is 34.9 Å². The number of aromatic nitrogens is 1. The van der Waals surface area contributed by atoms with E-state index < -0.39 is 5.82 Å². The third-order valence-corrected chi connectivity index (χ3v) is 4.76. The number of hydrogen-bond acceptors (Lipinski definition) is 2. The largest absolute Gasteiger partial charge is 0.331 e. The smallest absolute Gasteiger partial charge is 0.257 e. The lowest BCUT2D eigenvalue weighted by molar-refractivity contribution is 0.0728. The summed E-state index contributed by atoms with van der Waals surface area (Å²) in [7, 11) is 0. The van der Waals surface area contributed by atoms with Gasteiger partial charge in [0, 0.05) is 27.3 Å². The van der Waals surface area contributed by atoms with E-state index in [1.807, 2.05) is 0 Å². The highest BCUT2D eigenvalue weighted by Gasteiger charge is 2.35. The van der Waals surface area contributed by atoms with Crippen LogP contribution >= 0.6 is 39.1 Å². The summed E-state index contributed by atoms with van der Waals surface area (Å²) >= 11 is 15.4. The van der Waals surface area contributed by atoms with Crippen molar-refractivity contribution in [1.29, 1.82) is 0 Å². The molecular weight excluding hydrogens is 406 g/mol. The molecule has 0 saturated heterocycles. The van der Waals surface area contributed by atoms with Crippen molar-refractivity contribution in [2.75, 3.05) is 0 Å². The molecule has 1 saturated carbocycles. The molecule has 0 bridgehead atoms. The first-order chi connectivity index (χ1) is 11.0. The van der Waals surface area contributed by atoms with Crippen molar-refractivity contribution < 1.29 is 9.18 Å². The number of hydrogen-bond donors (Lipinski definition) is 0. The molecule has 1 amide bonds.